The molecule has 1 aromatic carbocycles. The first kappa shape index (κ1) is 14.3. The topological polar surface area (TPSA) is 15.3 Å². The third kappa shape index (κ3) is 3.70. The first-order valence-corrected chi connectivity index (χ1v) is 6.60. The van der Waals surface area contributed by atoms with Gasteiger partial charge >= 0.3 is 6.18 Å². The van der Waals surface area contributed by atoms with Crippen LogP contribution in [0, 0.1) is 0 Å². The number of rotatable bonds is 2. The molecule has 1 saturated heterocycles. The summed E-state index contributed by atoms with van der Waals surface area (Å²) >= 11 is 0. The van der Waals surface area contributed by atoms with Gasteiger partial charge in [0.05, 0.1) is 5.56 Å². The van der Waals surface area contributed by atoms with Crippen LogP contribution in [0.3, 0.4) is 0 Å². The summed E-state index contributed by atoms with van der Waals surface area (Å²) in [6.45, 7) is 5.64. The number of benzene rings is 1. The second kappa shape index (κ2) is 5.92. The molecular formula is C14H19F3N2. The number of alkyl halides is 3. The summed E-state index contributed by atoms with van der Waals surface area (Å²) < 4.78 is 38.1. The lowest BCUT2D eigenvalue weighted by atomic mass is 10.0. The molecule has 2 nitrogen and oxygen atoms in total. The van der Waals surface area contributed by atoms with Crippen LogP contribution >= 0.6 is 0 Å². The van der Waals surface area contributed by atoms with E-state index in [-0.39, 0.29) is 6.04 Å². The van der Waals surface area contributed by atoms with Crippen LogP contribution in [-0.2, 0) is 6.18 Å². The fraction of sp³-hybridized carbons (Fsp3) is 0.571. The molecule has 1 atom stereocenters. The SMILES string of the molecule is CC(c1cccc(C(F)(F)F)c1)N1CCCNCC1. The van der Waals surface area contributed by atoms with E-state index in [9.17, 15) is 13.2 Å². The molecule has 106 valence electrons. The lowest BCUT2D eigenvalue weighted by Gasteiger charge is -2.28. The van der Waals surface area contributed by atoms with E-state index in [1.807, 2.05) is 6.92 Å². The van der Waals surface area contributed by atoms with Crippen molar-refractivity contribution in [3.8, 4) is 0 Å². The Kier molecular flexibility index (Phi) is 4.47. The summed E-state index contributed by atoms with van der Waals surface area (Å²) in [5.41, 5.74) is 0.168. The fourth-order valence-electron chi connectivity index (χ4n) is 2.44. The number of nitrogens with zero attached hydrogens (tertiary/aromatic N) is 1. The van der Waals surface area contributed by atoms with Gasteiger partial charge in [0.1, 0.15) is 0 Å². The molecule has 5 heteroatoms. The molecule has 1 aliphatic heterocycles. The standard InChI is InChI=1S/C14H19F3N2/c1-11(19-8-3-6-18-7-9-19)12-4-2-5-13(10-12)14(15,16)17/h2,4-5,10-11,18H,3,6-9H2,1H3. The van der Waals surface area contributed by atoms with Gasteiger partial charge in [-0.3, -0.25) is 4.90 Å². The van der Waals surface area contributed by atoms with E-state index in [4.69, 9.17) is 0 Å². The van der Waals surface area contributed by atoms with Crippen molar-refractivity contribution in [3.05, 3.63) is 35.4 Å². The highest BCUT2D eigenvalue weighted by Gasteiger charge is 2.31. The van der Waals surface area contributed by atoms with Crippen molar-refractivity contribution in [1.82, 2.24) is 10.2 Å². The van der Waals surface area contributed by atoms with E-state index in [2.05, 4.69) is 10.2 Å². The van der Waals surface area contributed by atoms with Crippen molar-refractivity contribution in [2.24, 2.45) is 0 Å². The van der Waals surface area contributed by atoms with Crippen LogP contribution in [0.2, 0.25) is 0 Å². The minimum absolute atomic E-state index is 0.0159. The third-order valence-corrected chi connectivity index (χ3v) is 3.62. The maximum absolute atomic E-state index is 12.7. The fourth-order valence-corrected chi connectivity index (χ4v) is 2.44. The van der Waals surface area contributed by atoms with Crippen LogP contribution < -0.4 is 5.32 Å². The summed E-state index contributed by atoms with van der Waals surface area (Å²) in [6, 6.07) is 5.67. The predicted octanol–water partition coefficient (Wildman–Crippen LogP) is 3.06. The summed E-state index contributed by atoms with van der Waals surface area (Å²) in [7, 11) is 0. The van der Waals surface area contributed by atoms with Gasteiger partial charge in [-0.05, 0) is 44.1 Å². The molecule has 0 radical (unpaired) electrons. The zero-order valence-electron chi connectivity index (χ0n) is 11.0. The van der Waals surface area contributed by atoms with Crippen LogP contribution in [-0.4, -0.2) is 31.1 Å². The maximum atomic E-state index is 12.7. The van der Waals surface area contributed by atoms with Crippen LogP contribution in [0.5, 0.6) is 0 Å². The number of halogens is 3. The summed E-state index contributed by atoms with van der Waals surface area (Å²) in [5.74, 6) is 0. The van der Waals surface area contributed by atoms with Gasteiger partial charge in [0.15, 0.2) is 0 Å². The Labute approximate surface area is 111 Å². The monoisotopic (exact) mass is 272 g/mol. The highest BCUT2D eigenvalue weighted by molar-refractivity contribution is 5.27. The first-order valence-electron chi connectivity index (χ1n) is 6.60. The molecule has 1 aromatic rings. The molecule has 1 heterocycles. The van der Waals surface area contributed by atoms with Gasteiger partial charge in [-0.1, -0.05) is 12.1 Å². The van der Waals surface area contributed by atoms with E-state index < -0.39 is 11.7 Å². The number of hydrogen-bond donors (Lipinski definition) is 1. The molecular weight excluding hydrogens is 253 g/mol. The Morgan fingerprint density at radius 1 is 1.21 bits per heavy atom. The van der Waals surface area contributed by atoms with Gasteiger partial charge in [-0.15, -0.1) is 0 Å². The summed E-state index contributed by atoms with van der Waals surface area (Å²) in [4.78, 5) is 2.23. The zero-order chi connectivity index (χ0) is 13.9. The molecule has 0 bridgehead atoms. The lowest BCUT2D eigenvalue weighted by molar-refractivity contribution is -0.137. The molecule has 1 N–H and O–H groups in total. The lowest BCUT2D eigenvalue weighted by Crippen LogP contribution is -2.30. The predicted molar refractivity (Wildman–Crippen MR) is 68.9 cm³/mol. The van der Waals surface area contributed by atoms with Crippen LogP contribution in [0.1, 0.15) is 30.5 Å². The van der Waals surface area contributed by atoms with E-state index in [1.165, 1.54) is 12.1 Å². The molecule has 0 saturated carbocycles. The molecule has 2 rings (SSSR count). The second-order valence-corrected chi connectivity index (χ2v) is 4.94. The van der Waals surface area contributed by atoms with Gasteiger partial charge in [-0.25, -0.2) is 0 Å². The number of nitrogens with one attached hydrogen (secondary N) is 1. The van der Waals surface area contributed by atoms with Gasteiger partial charge in [0.25, 0.3) is 0 Å². The van der Waals surface area contributed by atoms with Crippen LogP contribution in [0.25, 0.3) is 0 Å². The van der Waals surface area contributed by atoms with Crippen molar-refractivity contribution in [2.45, 2.75) is 25.6 Å². The van der Waals surface area contributed by atoms with Crippen molar-refractivity contribution < 1.29 is 13.2 Å². The largest absolute Gasteiger partial charge is 0.416 e. The maximum Gasteiger partial charge on any atom is 0.416 e. The van der Waals surface area contributed by atoms with Crippen molar-refractivity contribution in [1.29, 1.82) is 0 Å². The van der Waals surface area contributed by atoms with Crippen LogP contribution in [0.4, 0.5) is 13.2 Å². The highest BCUT2D eigenvalue weighted by atomic mass is 19.4. The van der Waals surface area contributed by atoms with E-state index in [0.29, 0.717) is 0 Å². The molecule has 0 amide bonds. The normalized spacial score (nSPS) is 20.0. The average Bonchev–Trinajstić information content (AvgIpc) is 2.66. The third-order valence-electron chi connectivity index (χ3n) is 3.62. The van der Waals surface area contributed by atoms with Crippen molar-refractivity contribution >= 4 is 0 Å². The van der Waals surface area contributed by atoms with E-state index >= 15 is 0 Å². The van der Waals surface area contributed by atoms with Gasteiger partial charge in [0, 0.05) is 19.1 Å². The Morgan fingerprint density at radius 3 is 2.74 bits per heavy atom. The Balaban J connectivity index is 2.16. The van der Waals surface area contributed by atoms with Crippen molar-refractivity contribution in [2.75, 3.05) is 26.2 Å². The smallest absolute Gasteiger partial charge is 0.315 e. The van der Waals surface area contributed by atoms with E-state index in [0.717, 1.165) is 44.2 Å². The summed E-state index contributed by atoms with van der Waals surface area (Å²) in [5, 5.41) is 3.30. The average molecular weight is 272 g/mol. The van der Waals surface area contributed by atoms with E-state index in [1.54, 1.807) is 6.07 Å². The molecule has 0 aliphatic carbocycles. The van der Waals surface area contributed by atoms with Gasteiger partial charge in [-0.2, -0.15) is 13.2 Å². The highest BCUT2D eigenvalue weighted by Crippen LogP contribution is 2.31. The Morgan fingerprint density at radius 2 is 2.00 bits per heavy atom. The second-order valence-electron chi connectivity index (χ2n) is 4.94. The Hall–Kier alpha value is -1.07. The minimum Gasteiger partial charge on any atom is -0.315 e. The van der Waals surface area contributed by atoms with Crippen molar-refractivity contribution in [3.63, 3.8) is 0 Å². The zero-order valence-corrected chi connectivity index (χ0v) is 11.0. The molecule has 1 fully saturated rings. The van der Waals surface area contributed by atoms with Crippen LogP contribution in [0.15, 0.2) is 24.3 Å². The van der Waals surface area contributed by atoms with Gasteiger partial charge in [0.2, 0.25) is 0 Å². The Bertz CT molecular complexity index is 409. The molecule has 19 heavy (non-hydrogen) atoms. The summed E-state index contributed by atoms with van der Waals surface area (Å²) in [6.07, 6.45) is -3.24. The molecule has 0 aromatic heterocycles. The van der Waals surface area contributed by atoms with Gasteiger partial charge < -0.3 is 5.32 Å². The quantitative estimate of drug-likeness (QED) is 0.890. The number of hydrogen-bond acceptors (Lipinski definition) is 2. The molecule has 1 unspecified atom stereocenters. The minimum atomic E-state index is -4.27. The first-order chi connectivity index (χ1) is 8.98. The molecule has 0 spiro atoms. The molecule has 1 aliphatic rings.